The molecule has 1 aromatic heterocycles. The van der Waals surface area contributed by atoms with Gasteiger partial charge in [-0.2, -0.15) is 23.5 Å². The third kappa shape index (κ3) is 4.53. The Labute approximate surface area is 155 Å². The lowest BCUT2D eigenvalue weighted by atomic mass is 10.1. The van der Waals surface area contributed by atoms with E-state index in [1.54, 1.807) is 6.07 Å². The maximum atomic E-state index is 12.8. The number of halogens is 4. The number of non-ortho nitro benzene ring substituents is 1. The first kappa shape index (κ1) is 20.2. The normalized spacial score (nSPS) is 11.1. The van der Waals surface area contributed by atoms with Crippen LogP contribution in [0.2, 0.25) is 5.02 Å². The number of nitro groups is 1. The SMILES string of the molecule is Cc1c(Cl)c(C(F)(F)F)nn1CCC(=O)Nc1ccc([N+](=O)[O-])cc1C#N. The lowest BCUT2D eigenvalue weighted by Gasteiger charge is -2.08. The van der Waals surface area contributed by atoms with Crippen molar-refractivity contribution in [3.63, 3.8) is 0 Å². The van der Waals surface area contributed by atoms with Crippen LogP contribution in [-0.4, -0.2) is 20.6 Å². The molecule has 0 aliphatic heterocycles. The molecule has 0 bridgehead atoms. The number of nitriles is 1. The molecular formula is C15H11ClF3N5O3. The summed E-state index contributed by atoms with van der Waals surface area (Å²) < 4.78 is 39.3. The third-order valence-electron chi connectivity index (χ3n) is 3.56. The Kier molecular flexibility index (Phi) is 5.70. The summed E-state index contributed by atoms with van der Waals surface area (Å²) in [5.74, 6) is -0.611. The van der Waals surface area contributed by atoms with Crippen molar-refractivity contribution in [2.45, 2.75) is 26.1 Å². The van der Waals surface area contributed by atoms with Gasteiger partial charge in [0.15, 0.2) is 5.69 Å². The van der Waals surface area contributed by atoms with E-state index in [0.29, 0.717) is 0 Å². The fourth-order valence-corrected chi connectivity index (χ4v) is 2.43. The van der Waals surface area contributed by atoms with Crippen molar-refractivity contribution in [2.24, 2.45) is 0 Å². The summed E-state index contributed by atoms with van der Waals surface area (Å²) in [7, 11) is 0. The summed E-state index contributed by atoms with van der Waals surface area (Å²) in [6.45, 7) is 1.16. The van der Waals surface area contributed by atoms with Crippen molar-refractivity contribution >= 4 is 28.9 Å². The van der Waals surface area contributed by atoms with Crippen LogP contribution in [0.25, 0.3) is 0 Å². The Morgan fingerprint density at radius 2 is 2.15 bits per heavy atom. The van der Waals surface area contributed by atoms with Gasteiger partial charge >= 0.3 is 6.18 Å². The van der Waals surface area contributed by atoms with Crippen LogP contribution in [0.1, 0.15) is 23.4 Å². The van der Waals surface area contributed by atoms with Crippen LogP contribution < -0.4 is 5.32 Å². The lowest BCUT2D eigenvalue weighted by Crippen LogP contribution is -2.17. The first-order chi connectivity index (χ1) is 12.5. The Hall–Kier alpha value is -3.13. The van der Waals surface area contributed by atoms with Crippen LogP contribution in [0.5, 0.6) is 0 Å². The summed E-state index contributed by atoms with van der Waals surface area (Å²) in [6.07, 6.45) is -4.96. The summed E-state index contributed by atoms with van der Waals surface area (Å²) in [4.78, 5) is 22.0. The van der Waals surface area contributed by atoms with E-state index < -0.39 is 27.7 Å². The number of alkyl halides is 3. The number of aromatic nitrogens is 2. The molecule has 0 saturated heterocycles. The number of amides is 1. The highest BCUT2D eigenvalue weighted by Gasteiger charge is 2.38. The van der Waals surface area contributed by atoms with Gasteiger partial charge in [-0.3, -0.25) is 19.6 Å². The van der Waals surface area contributed by atoms with Crippen molar-refractivity contribution in [1.82, 2.24) is 9.78 Å². The molecule has 1 N–H and O–H groups in total. The molecule has 0 unspecified atom stereocenters. The minimum absolute atomic E-state index is 0.0549. The minimum atomic E-state index is -4.71. The van der Waals surface area contributed by atoms with E-state index in [1.165, 1.54) is 13.0 Å². The summed E-state index contributed by atoms with van der Waals surface area (Å²) >= 11 is 5.63. The molecule has 142 valence electrons. The molecule has 0 aliphatic rings. The summed E-state index contributed by atoms with van der Waals surface area (Å²) in [5.41, 5.74) is -1.55. The fourth-order valence-electron chi connectivity index (χ4n) is 2.19. The molecule has 0 fully saturated rings. The van der Waals surface area contributed by atoms with E-state index in [9.17, 15) is 28.1 Å². The van der Waals surface area contributed by atoms with Crippen LogP contribution in [0, 0.1) is 28.4 Å². The van der Waals surface area contributed by atoms with Crippen LogP contribution in [-0.2, 0) is 17.5 Å². The van der Waals surface area contributed by atoms with E-state index in [1.807, 2.05) is 0 Å². The van der Waals surface area contributed by atoms with Crippen LogP contribution >= 0.6 is 11.6 Å². The molecular weight excluding hydrogens is 391 g/mol. The zero-order valence-corrected chi connectivity index (χ0v) is 14.4. The van der Waals surface area contributed by atoms with Crippen LogP contribution in [0.4, 0.5) is 24.5 Å². The Bertz CT molecular complexity index is 949. The number of hydrogen-bond donors (Lipinski definition) is 1. The second-order valence-electron chi connectivity index (χ2n) is 5.37. The standard InChI is InChI=1S/C15H11ClF3N5O3/c1-8-13(16)14(15(17,18)19)22-23(8)5-4-12(25)21-11-3-2-10(24(26)27)6-9(11)7-20/h2-3,6H,4-5H2,1H3,(H,21,25). The van der Waals surface area contributed by atoms with Gasteiger partial charge in [0.05, 0.1) is 33.4 Å². The van der Waals surface area contributed by atoms with Gasteiger partial charge < -0.3 is 5.32 Å². The van der Waals surface area contributed by atoms with Gasteiger partial charge in [0, 0.05) is 18.6 Å². The molecule has 12 heteroatoms. The number of carbonyl (C=O) groups is 1. The number of anilines is 1. The molecule has 2 aromatic rings. The molecule has 0 atom stereocenters. The second kappa shape index (κ2) is 7.63. The van der Waals surface area contributed by atoms with E-state index in [4.69, 9.17) is 16.9 Å². The topological polar surface area (TPSA) is 114 Å². The Morgan fingerprint density at radius 3 is 2.67 bits per heavy atom. The fraction of sp³-hybridized carbons (Fsp3) is 0.267. The first-order valence-electron chi connectivity index (χ1n) is 7.33. The number of carbonyl (C=O) groups excluding carboxylic acids is 1. The van der Waals surface area contributed by atoms with Crippen molar-refractivity contribution in [3.05, 3.63) is 50.3 Å². The molecule has 0 spiro atoms. The number of rotatable bonds is 5. The molecule has 0 saturated carbocycles. The molecule has 1 heterocycles. The Morgan fingerprint density at radius 1 is 1.48 bits per heavy atom. The van der Waals surface area contributed by atoms with Crippen LogP contribution in [0.3, 0.4) is 0 Å². The molecule has 1 amide bonds. The molecule has 0 radical (unpaired) electrons. The van der Waals surface area contributed by atoms with E-state index >= 15 is 0 Å². The molecule has 27 heavy (non-hydrogen) atoms. The molecule has 0 aliphatic carbocycles. The average molecular weight is 402 g/mol. The zero-order chi connectivity index (χ0) is 20.4. The minimum Gasteiger partial charge on any atom is -0.325 e. The largest absolute Gasteiger partial charge is 0.436 e. The number of aryl methyl sites for hydroxylation is 1. The van der Waals surface area contributed by atoms with Crippen LogP contribution in [0.15, 0.2) is 18.2 Å². The number of benzene rings is 1. The summed E-state index contributed by atoms with van der Waals surface area (Å²) in [6, 6.07) is 5.05. The first-order valence-corrected chi connectivity index (χ1v) is 7.71. The number of hydrogen-bond acceptors (Lipinski definition) is 5. The van der Waals surface area contributed by atoms with Gasteiger partial charge in [-0.15, -0.1) is 0 Å². The second-order valence-corrected chi connectivity index (χ2v) is 5.74. The quantitative estimate of drug-likeness (QED) is 0.606. The number of nitrogens with zero attached hydrogens (tertiary/aromatic N) is 4. The van der Waals surface area contributed by atoms with Crippen molar-refractivity contribution in [2.75, 3.05) is 5.32 Å². The predicted octanol–water partition coefficient (Wildman–Crippen LogP) is 3.67. The summed E-state index contributed by atoms with van der Waals surface area (Å²) in [5, 5.41) is 25.0. The zero-order valence-electron chi connectivity index (χ0n) is 13.7. The van der Waals surface area contributed by atoms with E-state index in [2.05, 4.69) is 10.4 Å². The Balaban J connectivity index is 2.10. The van der Waals surface area contributed by atoms with Gasteiger partial charge in [-0.05, 0) is 13.0 Å². The van der Waals surface area contributed by atoms with Gasteiger partial charge in [-0.1, -0.05) is 11.6 Å². The smallest absolute Gasteiger partial charge is 0.325 e. The highest BCUT2D eigenvalue weighted by molar-refractivity contribution is 6.31. The number of nitrogens with one attached hydrogen (secondary N) is 1. The van der Waals surface area contributed by atoms with Crippen molar-refractivity contribution in [1.29, 1.82) is 5.26 Å². The van der Waals surface area contributed by atoms with Gasteiger partial charge in [0.25, 0.3) is 5.69 Å². The highest BCUT2D eigenvalue weighted by atomic mass is 35.5. The average Bonchev–Trinajstić information content (AvgIpc) is 2.88. The lowest BCUT2D eigenvalue weighted by molar-refractivity contribution is -0.384. The number of nitro benzene ring substituents is 1. The van der Waals surface area contributed by atoms with E-state index in [0.717, 1.165) is 16.8 Å². The maximum Gasteiger partial charge on any atom is 0.436 e. The van der Waals surface area contributed by atoms with Gasteiger partial charge in [0.2, 0.25) is 5.91 Å². The highest BCUT2D eigenvalue weighted by Crippen LogP contribution is 2.35. The molecule has 2 rings (SSSR count). The third-order valence-corrected chi connectivity index (χ3v) is 4.01. The molecule has 1 aromatic carbocycles. The van der Waals surface area contributed by atoms with Crippen molar-refractivity contribution in [3.8, 4) is 6.07 Å². The van der Waals surface area contributed by atoms with E-state index in [-0.39, 0.29) is 35.6 Å². The maximum absolute atomic E-state index is 12.8. The molecule has 8 nitrogen and oxygen atoms in total. The predicted molar refractivity (Wildman–Crippen MR) is 88.0 cm³/mol. The monoisotopic (exact) mass is 401 g/mol. The van der Waals surface area contributed by atoms with Gasteiger partial charge in [0.1, 0.15) is 6.07 Å². The van der Waals surface area contributed by atoms with Crippen molar-refractivity contribution < 1.29 is 22.9 Å². The van der Waals surface area contributed by atoms with Gasteiger partial charge in [-0.25, -0.2) is 0 Å².